The fraction of sp³-hybridized carbons (Fsp3) is 0.538. The summed E-state index contributed by atoms with van der Waals surface area (Å²) in [6.07, 6.45) is 1.78. The molecule has 1 aliphatic heterocycles. The van der Waals surface area contributed by atoms with Gasteiger partial charge in [0.2, 0.25) is 0 Å². The van der Waals surface area contributed by atoms with Crippen LogP contribution in [0.25, 0.3) is 0 Å². The molecule has 0 saturated carbocycles. The molecule has 0 bridgehead atoms. The normalized spacial score (nSPS) is 19.1. The van der Waals surface area contributed by atoms with E-state index in [1.807, 2.05) is 4.90 Å². The van der Waals surface area contributed by atoms with Gasteiger partial charge in [0.25, 0.3) is 0 Å². The van der Waals surface area contributed by atoms with E-state index in [4.69, 9.17) is 11.6 Å². The van der Waals surface area contributed by atoms with E-state index < -0.39 is 5.60 Å². The molecular weight excluding hydrogens is 241 g/mol. The summed E-state index contributed by atoms with van der Waals surface area (Å²) in [4.78, 5) is 2.03. The maximum atomic E-state index is 13.5. The van der Waals surface area contributed by atoms with Crippen molar-refractivity contribution in [2.45, 2.75) is 31.9 Å². The highest BCUT2D eigenvalue weighted by Gasteiger charge is 2.39. The van der Waals surface area contributed by atoms with Crippen molar-refractivity contribution in [1.82, 2.24) is 4.90 Å². The van der Waals surface area contributed by atoms with Crippen molar-refractivity contribution in [3.8, 4) is 0 Å². The average molecular weight is 258 g/mol. The quantitative estimate of drug-likeness (QED) is 0.897. The van der Waals surface area contributed by atoms with Crippen molar-refractivity contribution in [1.29, 1.82) is 0 Å². The molecule has 94 valence electrons. The molecule has 0 amide bonds. The van der Waals surface area contributed by atoms with Crippen LogP contribution in [-0.4, -0.2) is 28.7 Å². The third kappa shape index (κ3) is 2.97. The highest BCUT2D eigenvalue weighted by atomic mass is 35.5. The van der Waals surface area contributed by atoms with Crippen LogP contribution in [0, 0.1) is 5.82 Å². The third-order valence-corrected chi connectivity index (χ3v) is 3.39. The summed E-state index contributed by atoms with van der Waals surface area (Å²) >= 11 is 5.83. The lowest BCUT2D eigenvalue weighted by atomic mass is 9.89. The van der Waals surface area contributed by atoms with Gasteiger partial charge in [0.15, 0.2) is 0 Å². The van der Waals surface area contributed by atoms with E-state index in [0.717, 1.165) is 12.8 Å². The predicted molar refractivity (Wildman–Crippen MR) is 66.5 cm³/mol. The van der Waals surface area contributed by atoms with E-state index in [9.17, 15) is 9.50 Å². The standard InChI is InChI=1S/C13H17ClFNO/c1-2-5-13(17)8-16(9-13)7-10-6-11(14)3-4-12(10)15/h3-4,6,17H,2,5,7-9H2,1H3. The molecule has 1 heterocycles. The summed E-state index contributed by atoms with van der Waals surface area (Å²) in [5.41, 5.74) is 0.0279. The van der Waals surface area contributed by atoms with Gasteiger partial charge in [-0.15, -0.1) is 0 Å². The van der Waals surface area contributed by atoms with Crippen LogP contribution in [0.4, 0.5) is 4.39 Å². The average Bonchev–Trinajstić information content (AvgIpc) is 2.21. The van der Waals surface area contributed by atoms with Crippen molar-refractivity contribution in [3.05, 3.63) is 34.6 Å². The van der Waals surface area contributed by atoms with Crippen LogP contribution in [0.5, 0.6) is 0 Å². The Hall–Kier alpha value is -0.640. The number of β-amino-alcohol motifs (C(OH)–C–C–N with tert-alkyl or cyclic N) is 1. The van der Waals surface area contributed by atoms with E-state index in [0.29, 0.717) is 30.2 Å². The van der Waals surface area contributed by atoms with Crippen molar-refractivity contribution in [3.63, 3.8) is 0 Å². The molecule has 0 aromatic heterocycles. The van der Waals surface area contributed by atoms with Gasteiger partial charge in [0.1, 0.15) is 5.82 Å². The van der Waals surface area contributed by atoms with Gasteiger partial charge in [-0.2, -0.15) is 0 Å². The number of rotatable bonds is 4. The smallest absolute Gasteiger partial charge is 0.127 e. The maximum absolute atomic E-state index is 13.5. The first-order valence-corrected chi connectivity index (χ1v) is 6.29. The minimum absolute atomic E-state index is 0.236. The van der Waals surface area contributed by atoms with Crippen molar-refractivity contribution >= 4 is 11.6 Å². The Kier molecular flexibility index (Phi) is 3.71. The monoisotopic (exact) mass is 257 g/mol. The first-order chi connectivity index (χ1) is 8.02. The van der Waals surface area contributed by atoms with E-state index in [1.165, 1.54) is 6.07 Å². The first-order valence-electron chi connectivity index (χ1n) is 5.91. The fourth-order valence-electron chi connectivity index (χ4n) is 2.43. The van der Waals surface area contributed by atoms with E-state index in [2.05, 4.69) is 6.92 Å². The molecule has 4 heteroatoms. The van der Waals surface area contributed by atoms with Crippen LogP contribution in [0.15, 0.2) is 18.2 Å². The lowest BCUT2D eigenvalue weighted by Gasteiger charge is -2.46. The van der Waals surface area contributed by atoms with Gasteiger partial charge < -0.3 is 5.11 Å². The Morgan fingerprint density at radius 1 is 1.47 bits per heavy atom. The summed E-state index contributed by atoms with van der Waals surface area (Å²) in [5.74, 6) is -0.236. The number of hydrogen-bond acceptors (Lipinski definition) is 2. The number of benzene rings is 1. The van der Waals surface area contributed by atoms with Gasteiger partial charge in [-0.25, -0.2) is 4.39 Å². The second-order valence-corrected chi connectivity index (χ2v) is 5.29. The molecule has 1 saturated heterocycles. The molecule has 1 aromatic rings. The number of nitrogens with zero attached hydrogens (tertiary/aromatic N) is 1. The second kappa shape index (κ2) is 4.92. The van der Waals surface area contributed by atoms with Crippen LogP contribution < -0.4 is 0 Å². The zero-order valence-electron chi connectivity index (χ0n) is 9.92. The molecule has 17 heavy (non-hydrogen) atoms. The number of hydrogen-bond donors (Lipinski definition) is 1. The summed E-state index contributed by atoms with van der Waals surface area (Å²) < 4.78 is 13.5. The Morgan fingerprint density at radius 2 is 2.18 bits per heavy atom. The molecule has 1 aromatic carbocycles. The summed E-state index contributed by atoms with van der Waals surface area (Å²) in [6.45, 7) is 3.80. The van der Waals surface area contributed by atoms with Gasteiger partial charge in [-0.3, -0.25) is 4.90 Å². The highest BCUT2D eigenvalue weighted by molar-refractivity contribution is 6.30. The summed E-state index contributed by atoms with van der Waals surface area (Å²) in [6, 6.07) is 4.58. The first kappa shape index (κ1) is 12.8. The Balaban J connectivity index is 1.93. The van der Waals surface area contributed by atoms with Gasteiger partial charge in [-0.05, 0) is 24.6 Å². The van der Waals surface area contributed by atoms with Crippen molar-refractivity contribution in [2.24, 2.45) is 0 Å². The topological polar surface area (TPSA) is 23.5 Å². The minimum atomic E-state index is -0.566. The lowest BCUT2D eigenvalue weighted by Crippen LogP contribution is -2.61. The minimum Gasteiger partial charge on any atom is -0.387 e. The second-order valence-electron chi connectivity index (χ2n) is 4.86. The van der Waals surface area contributed by atoms with Crippen molar-refractivity contribution < 1.29 is 9.50 Å². The molecule has 2 rings (SSSR count). The van der Waals surface area contributed by atoms with Gasteiger partial charge in [-0.1, -0.05) is 24.9 Å². The van der Waals surface area contributed by atoms with Gasteiger partial charge >= 0.3 is 0 Å². The molecular formula is C13H17ClFNO. The molecule has 1 fully saturated rings. The molecule has 1 N–H and O–H groups in total. The van der Waals surface area contributed by atoms with Crippen LogP contribution in [0.1, 0.15) is 25.3 Å². The zero-order chi connectivity index (χ0) is 12.5. The molecule has 2 nitrogen and oxygen atoms in total. The summed E-state index contributed by atoms with van der Waals surface area (Å²) in [5, 5.41) is 10.6. The number of likely N-dealkylation sites (tertiary alicyclic amines) is 1. The molecule has 0 atom stereocenters. The Bertz CT molecular complexity index is 404. The SMILES string of the molecule is CCCC1(O)CN(Cc2cc(Cl)ccc2F)C1. The zero-order valence-corrected chi connectivity index (χ0v) is 10.7. The van der Waals surface area contributed by atoms with Crippen LogP contribution in [0.3, 0.4) is 0 Å². The Labute approximate surface area is 106 Å². The molecule has 0 spiro atoms. The van der Waals surface area contributed by atoms with Gasteiger partial charge in [0.05, 0.1) is 5.60 Å². The molecule has 0 aliphatic carbocycles. The van der Waals surface area contributed by atoms with Gasteiger partial charge in [0, 0.05) is 30.2 Å². The van der Waals surface area contributed by atoms with E-state index in [-0.39, 0.29) is 5.82 Å². The largest absolute Gasteiger partial charge is 0.387 e. The fourth-order valence-corrected chi connectivity index (χ4v) is 2.62. The number of aliphatic hydroxyl groups is 1. The van der Waals surface area contributed by atoms with Crippen LogP contribution in [-0.2, 0) is 6.54 Å². The van der Waals surface area contributed by atoms with E-state index in [1.54, 1.807) is 12.1 Å². The summed E-state index contributed by atoms with van der Waals surface area (Å²) in [7, 11) is 0. The third-order valence-electron chi connectivity index (χ3n) is 3.15. The van der Waals surface area contributed by atoms with Crippen LogP contribution in [0.2, 0.25) is 5.02 Å². The predicted octanol–water partition coefficient (Wildman–Crippen LogP) is 2.83. The lowest BCUT2D eigenvalue weighted by molar-refractivity contribution is -0.107. The van der Waals surface area contributed by atoms with E-state index >= 15 is 0 Å². The van der Waals surface area contributed by atoms with Crippen molar-refractivity contribution in [2.75, 3.05) is 13.1 Å². The maximum Gasteiger partial charge on any atom is 0.127 e. The highest BCUT2D eigenvalue weighted by Crippen LogP contribution is 2.28. The number of halogens is 2. The molecule has 0 unspecified atom stereocenters. The van der Waals surface area contributed by atoms with Crippen LogP contribution >= 0.6 is 11.6 Å². The molecule has 0 radical (unpaired) electrons. The Morgan fingerprint density at radius 3 is 2.82 bits per heavy atom. The molecule has 1 aliphatic rings.